The monoisotopic (exact) mass is 242 g/mol. The number of carbonyl (C=O) groups excluding carboxylic acids is 1. The van der Waals surface area contributed by atoms with E-state index < -0.39 is 22.1 Å². The topological polar surface area (TPSA) is 69.7 Å². The van der Waals surface area contributed by atoms with Gasteiger partial charge in [0.25, 0.3) is 0 Å². The lowest BCUT2D eigenvalue weighted by atomic mass is 10.1. The quantitative estimate of drug-likeness (QED) is 0.421. The van der Waals surface area contributed by atoms with Crippen LogP contribution in [-0.2, 0) is 23.0 Å². The fourth-order valence-corrected chi connectivity index (χ4v) is 1.69. The summed E-state index contributed by atoms with van der Waals surface area (Å²) in [7, 11) is 0.687. The van der Waals surface area contributed by atoms with E-state index in [0.717, 1.165) is 25.7 Å². The van der Waals surface area contributed by atoms with Crippen LogP contribution in [0.1, 0.15) is 25.7 Å². The van der Waals surface area contributed by atoms with Gasteiger partial charge in [-0.05, 0) is 12.8 Å². The van der Waals surface area contributed by atoms with Crippen molar-refractivity contribution in [3.63, 3.8) is 0 Å². The summed E-state index contributed by atoms with van der Waals surface area (Å²) in [5.74, 6) is -0.528. The molecule has 0 atom stereocenters. The summed E-state index contributed by atoms with van der Waals surface area (Å²) < 4.78 is 29.2. The first kappa shape index (κ1) is 11.7. The standard InChI is InChI=1S/C7H11ClO5S/c8-14(10,11)13-5-12-7(9)6-3-1-2-4-6/h6H,1-5H2. The molecule has 14 heavy (non-hydrogen) atoms. The van der Waals surface area contributed by atoms with Gasteiger partial charge in [-0.25, -0.2) is 4.18 Å². The number of ether oxygens (including phenoxy) is 1. The number of halogens is 1. The molecule has 0 spiro atoms. The van der Waals surface area contributed by atoms with Gasteiger partial charge >= 0.3 is 15.3 Å². The van der Waals surface area contributed by atoms with Gasteiger partial charge in [-0.2, -0.15) is 8.42 Å². The van der Waals surface area contributed by atoms with Crippen LogP contribution < -0.4 is 0 Å². The van der Waals surface area contributed by atoms with Gasteiger partial charge in [-0.3, -0.25) is 4.79 Å². The van der Waals surface area contributed by atoms with Crippen molar-refractivity contribution in [1.29, 1.82) is 0 Å². The molecule has 0 aromatic heterocycles. The second-order valence-electron chi connectivity index (χ2n) is 3.07. The lowest BCUT2D eigenvalue weighted by Gasteiger charge is -2.07. The predicted molar refractivity (Wildman–Crippen MR) is 48.8 cm³/mol. The van der Waals surface area contributed by atoms with Crippen LogP contribution in [0.4, 0.5) is 0 Å². The second-order valence-corrected chi connectivity index (χ2v) is 5.23. The lowest BCUT2D eigenvalue weighted by Crippen LogP contribution is -2.17. The summed E-state index contributed by atoms with van der Waals surface area (Å²) in [6.07, 6.45) is 3.61. The van der Waals surface area contributed by atoms with Gasteiger partial charge in [0, 0.05) is 10.7 Å². The molecule has 1 aliphatic carbocycles. The molecule has 0 radical (unpaired) electrons. The molecule has 5 nitrogen and oxygen atoms in total. The van der Waals surface area contributed by atoms with Gasteiger partial charge in [0.15, 0.2) is 0 Å². The lowest BCUT2D eigenvalue weighted by molar-refractivity contribution is -0.154. The van der Waals surface area contributed by atoms with Gasteiger partial charge in [0.1, 0.15) is 0 Å². The summed E-state index contributed by atoms with van der Waals surface area (Å²) >= 11 is 0. The van der Waals surface area contributed by atoms with Crippen molar-refractivity contribution in [2.75, 3.05) is 6.79 Å². The van der Waals surface area contributed by atoms with E-state index in [4.69, 9.17) is 10.7 Å². The van der Waals surface area contributed by atoms with Gasteiger partial charge in [0.2, 0.25) is 6.79 Å². The molecule has 0 aliphatic heterocycles. The first-order chi connectivity index (χ1) is 6.49. The van der Waals surface area contributed by atoms with Crippen molar-refractivity contribution >= 4 is 26.0 Å². The van der Waals surface area contributed by atoms with Gasteiger partial charge in [-0.1, -0.05) is 12.8 Å². The Hall–Kier alpha value is -0.330. The van der Waals surface area contributed by atoms with Gasteiger partial charge in [-0.15, -0.1) is 0 Å². The van der Waals surface area contributed by atoms with E-state index in [0.29, 0.717) is 0 Å². The van der Waals surface area contributed by atoms with Crippen molar-refractivity contribution in [3.05, 3.63) is 0 Å². The Bertz CT molecular complexity index is 293. The zero-order chi connectivity index (χ0) is 10.6. The Morgan fingerprint density at radius 2 is 1.93 bits per heavy atom. The molecular weight excluding hydrogens is 232 g/mol. The van der Waals surface area contributed by atoms with Crippen LogP contribution in [0, 0.1) is 5.92 Å². The molecule has 1 rings (SSSR count). The third kappa shape index (κ3) is 4.26. The molecule has 1 aliphatic rings. The number of hydrogen-bond donors (Lipinski definition) is 0. The number of esters is 1. The van der Waals surface area contributed by atoms with E-state index in [1.165, 1.54) is 0 Å². The molecule has 1 saturated carbocycles. The smallest absolute Gasteiger partial charge is 0.358 e. The molecule has 0 aromatic rings. The average molecular weight is 243 g/mol. The van der Waals surface area contributed by atoms with Crippen molar-refractivity contribution in [2.24, 2.45) is 5.92 Å². The first-order valence-corrected chi connectivity index (χ1v) is 6.48. The fourth-order valence-electron chi connectivity index (χ4n) is 1.42. The number of rotatable bonds is 4. The van der Waals surface area contributed by atoms with Crippen molar-refractivity contribution in [3.8, 4) is 0 Å². The van der Waals surface area contributed by atoms with Crippen molar-refractivity contribution < 1.29 is 22.1 Å². The van der Waals surface area contributed by atoms with Crippen LogP contribution in [0.5, 0.6) is 0 Å². The zero-order valence-corrected chi connectivity index (χ0v) is 9.01. The Morgan fingerprint density at radius 1 is 1.36 bits per heavy atom. The third-order valence-corrected chi connectivity index (χ3v) is 2.72. The van der Waals surface area contributed by atoms with Crippen LogP contribution in [-0.4, -0.2) is 21.2 Å². The SMILES string of the molecule is O=C(OCOS(=O)(=O)Cl)C1CCCC1. The van der Waals surface area contributed by atoms with Crippen molar-refractivity contribution in [2.45, 2.75) is 25.7 Å². The highest BCUT2D eigenvalue weighted by molar-refractivity contribution is 8.09. The van der Waals surface area contributed by atoms with Crippen LogP contribution >= 0.6 is 10.7 Å². The number of hydrogen-bond acceptors (Lipinski definition) is 5. The summed E-state index contributed by atoms with van der Waals surface area (Å²) in [5, 5.41) is 0. The minimum atomic E-state index is -4.05. The van der Waals surface area contributed by atoms with E-state index in [1.807, 2.05) is 0 Å². The summed E-state index contributed by atoms with van der Waals surface area (Å²) in [6, 6.07) is 0. The molecule has 0 saturated heterocycles. The Morgan fingerprint density at radius 3 is 2.43 bits per heavy atom. The fraction of sp³-hybridized carbons (Fsp3) is 0.857. The second kappa shape index (κ2) is 4.95. The molecule has 0 amide bonds. The maximum absolute atomic E-state index is 11.2. The maximum atomic E-state index is 11.2. The molecule has 82 valence electrons. The van der Waals surface area contributed by atoms with Crippen LogP contribution in [0.2, 0.25) is 0 Å². The summed E-state index contributed by atoms with van der Waals surface area (Å²) in [4.78, 5) is 11.2. The highest BCUT2D eigenvalue weighted by Gasteiger charge is 2.24. The van der Waals surface area contributed by atoms with E-state index in [-0.39, 0.29) is 5.92 Å². The largest absolute Gasteiger partial charge is 0.437 e. The molecule has 0 unspecified atom stereocenters. The molecule has 0 heterocycles. The molecular formula is C7H11ClO5S. The van der Waals surface area contributed by atoms with E-state index in [9.17, 15) is 13.2 Å². The normalized spacial score (nSPS) is 18.4. The molecule has 0 aromatic carbocycles. The highest BCUT2D eigenvalue weighted by Crippen LogP contribution is 2.25. The zero-order valence-electron chi connectivity index (χ0n) is 7.44. The molecule has 0 bridgehead atoms. The van der Waals surface area contributed by atoms with E-state index >= 15 is 0 Å². The third-order valence-electron chi connectivity index (χ3n) is 2.08. The predicted octanol–water partition coefficient (Wildman–Crippen LogP) is 1.18. The van der Waals surface area contributed by atoms with Crippen LogP contribution in [0.15, 0.2) is 0 Å². The Kier molecular flexibility index (Phi) is 4.15. The van der Waals surface area contributed by atoms with E-state index in [2.05, 4.69) is 8.92 Å². The molecule has 0 N–H and O–H groups in total. The highest BCUT2D eigenvalue weighted by atomic mass is 35.7. The van der Waals surface area contributed by atoms with Crippen LogP contribution in [0.25, 0.3) is 0 Å². The molecule has 1 fully saturated rings. The van der Waals surface area contributed by atoms with Gasteiger partial charge < -0.3 is 4.74 Å². The average Bonchev–Trinajstić information content (AvgIpc) is 2.53. The Labute approximate surface area is 87.0 Å². The van der Waals surface area contributed by atoms with Crippen molar-refractivity contribution in [1.82, 2.24) is 0 Å². The van der Waals surface area contributed by atoms with Gasteiger partial charge in [0.05, 0.1) is 5.92 Å². The summed E-state index contributed by atoms with van der Waals surface area (Å²) in [6.45, 7) is -0.638. The maximum Gasteiger partial charge on any atom is 0.358 e. The van der Waals surface area contributed by atoms with Crippen LogP contribution in [0.3, 0.4) is 0 Å². The Balaban J connectivity index is 2.21. The van der Waals surface area contributed by atoms with E-state index in [1.54, 1.807) is 0 Å². The minimum Gasteiger partial charge on any atom is -0.437 e. The number of carbonyl (C=O) groups is 1. The first-order valence-electron chi connectivity index (χ1n) is 4.25. The minimum absolute atomic E-state index is 0.114. The molecule has 7 heteroatoms. The summed E-state index contributed by atoms with van der Waals surface area (Å²) in [5.41, 5.74) is 0.